The van der Waals surface area contributed by atoms with Crippen LogP contribution in [0.5, 0.6) is 0 Å². The van der Waals surface area contributed by atoms with Gasteiger partial charge in [-0.25, -0.2) is 0 Å². The maximum atomic E-state index is 10.0. The largest absolute Gasteiger partial charge is 1.00 e. The molecule has 0 N–H and O–H groups in total. The minimum atomic E-state index is -0.925. The second-order valence-electron chi connectivity index (χ2n) is 4.49. The summed E-state index contributed by atoms with van der Waals surface area (Å²) in [6.45, 7) is 6.60. The van der Waals surface area contributed by atoms with Gasteiger partial charge in [-0.3, -0.25) is 0 Å². The molecule has 0 spiro atoms. The second kappa shape index (κ2) is 8.80. The van der Waals surface area contributed by atoms with Gasteiger partial charge in [0.25, 0.3) is 0 Å². The van der Waals surface area contributed by atoms with Crippen molar-refractivity contribution in [2.45, 2.75) is 52.9 Å². The summed E-state index contributed by atoms with van der Waals surface area (Å²) in [5.74, 6) is -0.925. The first-order chi connectivity index (χ1) is 5.42. The molecule has 0 fully saturated rings. The molecular formula is C10H19CsO2. The Labute approximate surface area is 140 Å². The van der Waals surface area contributed by atoms with E-state index in [2.05, 4.69) is 20.8 Å². The molecular weight excluding hydrogens is 285 g/mol. The van der Waals surface area contributed by atoms with Crippen LogP contribution in [-0.4, -0.2) is 5.97 Å². The van der Waals surface area contributed by atoms with E-state index < -0.39 is 5.97 Å². The zero-order chi connectivity index (χ0) is 9.61. The fourth-order valence-corrected chi connectivity index (χ4v) is 1.10. The first-order valence-corrected chi connectivity index (χ1v) is 4.62. The van der Waals surface area contributed by atoms with E-state index in [9.17, 15) is 9.90 Å². The van der Waals surface area contributed by atoms with Gasteiger partial charge in [0.15, 0.2) is 0 Å². The van der Waals surface area contributed by atoms with Gasteiger partial charge in [-0.05, 0) is 24.7 Å². The number of carboxylic acid groups (broad SMARTS) is 1. The van der Waals surface area contributed by atoms with Crippen LogP contribution in [-0.2, 0) is 4.79 Å². The molecule has 0 aliphatic carbocycles. The summed E-state index contributed by atoms with van der Waals surface area (Å²) in [6.07, 6.45) is 4.27. The summed E-state index contributed by atoms with van der Waals surface area (Å²) < 4.78 is 0. The molecule has 0 aliphatic heterocycles. The normalized spacial score (nSPS) is 10.7. The summed E-state index contributed by atoms with van der Waals surface area (Å²) in [6, 6.07) is 0. The number of carbonyl (C=O) groups excluding carboxylic acids is 1. The first-order valence-electron chi connectivity index (χ1n) is 4.62. The molecule has 72 valence electrons. The van der Waals surface area contributed by atoms with Crippen LogP contribution in [0.25, 0.3) is 0 Å². The van der Waals surface area contributed by atoms with Gasteiger partial charge in [0.05, 0.1) is 0 Å². The van der Waals surface area contributed by atoms with Crippen molar-refractivity contribution in [2.75, 3.05) is 0 Å². The molecule has 3 heteroatoms. The first kappa shape index (κ1) is 16.9. The molecule has 0 heterocycles. The molecule has 13 heavy (non-hydrogen) atoms. The van der Waals surface area contributed by atoms with Crippen LogP contribution in [0, 0.1) is 5.41 Å². The topological polar surface area (TPSA) is 40.1 Å². The Morgan fingerprint density at radius 2 is 1.69 bits per heavy atom. The number of carbonyl (C=O) groups is 1. The van der Waals surface area contributed by atoms with Gasteiger partial charge in [-0.1, -0.05) is 33.6 Å². The van der Waals surface area contributed by atoms with Crippen LogP contribution in [0.3, 0.4) is 0 Å². The molecule has 0 saturated carbocycles. The number of carboxylic acids is 1. The maximum Gasteiger partial charge on any atom is 1.00 e. The van der Waals surface area contributed by atoms with Gasteiger partial charge in [0, 0.05) is 5.97 Å². The van der Waals surface area contributed by atoms with E-state index in [-0.39, 0.29) is 75.3 Å². The minimum Gasteiger partial charge on any atom is -0.550 e. The molecule has 0 aromatic rings. The number of rotatable bonds is 5. The van der Waals surface area contributed by atoms with Crippen LogP contribution in [0.4, 0.5) is 0 Å². The van der Waals surface area contributed by atoms with Crippen LogP contribution in [0.15, 0.2) is 0 Å². The van der Waals surface area contributed by atoms with E-state index in [1.54, 1.807) is 0 Å². The molecule has 0 rings (SSSR count). The second-order valence-corrected chi connectivity index (χ2v) is 4.49. The Kier molecular flexibility index (Phi) is 11.5. The maximum absolute atomic E-state index is 10.0. The Hall–Kier alpha value is 1.52. The minimum absolute atomic E-state index is 0. The van der Waals surface area contributed by atoms with Crippen molar-refractivity contribution in [3.63, 3.8) is 0 Å². The summed E-state index contributed by atoms with van der Waals surface area (Å²) >= 11 is 0. The van der Waals surface area contributed by atoms with Crippen molar-refractivity contribution in [1.29, 1.82) is 0 Å². The molecule has 0 aromatic carbocycles. The third-order valence-electron chi connectivity index (χ3n) is 1.81. The summed E-state index contributed by atoms with van der Waals surface area (Å²) in [4.78, 5) is 10.0. The standard InChI is InChI=1S/C10H20O2.Cs/c1-10(2,3)8-6-4-5-7-9(11)12;/h4-8H2,1-3H3,(H,11,12);/q;+1/p-1. The van der Waals surface area contributed by atoms with Gasteiger partial charge >= 0.3 is 68.9 Å². The van der Waals surface area contributed by atoms with Crippen molar-refractivity contribution < 1.29 is 78.8 Å². The van der Waals surface area contributed by atoms with Crippen LogP contribution in [0.2, 0.25) is 0 Å². The van der Waals surface area contributed by atoms with Gasteiger partial charge < -0.3 is 9.90 Å². The number of hydrogen-bond acceptors (Lipinski definition) is 2. The number of hydrogen-bond donors (Lipinski definition) is 0. The SMILES string of the molecule is CC(C)(C)CCCCCC(=O)[O-].[Cs+]. The van der Waals surface area contributed by atoms with E-state index in [1.165, 1.54) is 6.42 Å². The van der Waals surface area contributed by atoms with Crippen LogP contribution >= 0.6 is 0 Å². The fraction of sp³-hybridized carbons (Fsp3) is 0.900. The quantitative estimate of drug-likeness (QED) is 0.595. The van der Waals surface area contributed by atoms with E-state index in [4.69, 9.17) is 0 Å². The van der Waals surface area contributed by atoms with Gasteiger partial charge in [0.2, 0.25) is 0 Å². The predicted octanol–water partition coefficient (Wildman–Crippen LogP) is -1.26. The molecule has 0 radical (unpaired) electrons. The van der Waals surface area contributed by atoms with E-state index in [0.717, 1.165) is 19.3 Å². The Balaban J connectivity index is 0. The zero-order valence-electron chi connectivity index (χ0n) is 9.35. The summed E-state index contributed by atoms with van der Waals surface area (Å²) in [7, 11) is 0. The van der Waals surface area contributed by atoms with Gasteiger partial charge in [-0.2, -0.15) is 0 Å². The molecule has 0 saturated heterocycles. The van der Waals surface area contributed by atoms with Crippen molar-refractivity contribution in [1.82, 2.24) is 0 Å². The molecule has 0 amide bonds. The Morgan fingerprint density at radius 3 is 2.08 bits per heavy atom. The molecule has 0 unspecified atom stereocenters. The van der Waals surface area contributed by atoms with Gasteiger partial charge in [-0.15, -0.1) is 0 Å². The fourth-order valence-electron chi connectivity index (χ4n) is 1.10. The van der Waals surface area contributed by atoms with Gasteiger partial charge in [0.1, 0.15) is 0 Å². The summed E-state index contributed by atoms with van der Waals surface area (Å²) in [5, 5.41) is 10.0. The average Bonchev–Trinajstić information content (AvgIpc) is 1.83. The molecule has 0 bridgehead atoms. The molecule has 0 aliphatic rings. The van der Waals surface area contributed by atoms with E-state index >= 15 is 0 Å². The molecule has 0 aromatic heterocycles. The number of unbranched alkanes of at least 4 members (excludes halogenated alkanes) is 2. The van der Waals surface area contributed by atoms with Crippen molar-refractivity contribution in [3.05, 3.63) is 0 Å². The monoisotopic (exact) mass is 304 g/mol. The zero-order valence-corrected chi connectivity index (χ0v) is 15.6. The average molecular weight is 304 g/mol. The molecule has 2 nitrogen and oxygen atoms in total. The van der Waals surface area contributed by atoms with Crippen molar-refractivity contribution in [2.24, 2.45) is 5.41 Å². The molecule has 0 atom stereocenters. The number of aliphatic carboxylic acids is 1. The van der Waals surface area contributed by atoms with Crippen molar-refractivity contribution >= 4 is 5.97 Å². The third kappa shape index (κ3) is 16.2. The third-order valence-corrected chi connectivity index (χ3v) is 1.81. The summed E-state index contributed by atoms with van der Waals surface area (Å²) in [5.41, 5.74) is 0.376. The Bertz CT molecular complexity index is 138. The Morgan fingerprint density at radius 1 is 1.15 bits per heavy atom. The van der Waals surface area contributed by atoms with E-state index in [0.29, 0.717) is 5.41 Å². The predicted molar refractivity (Wildman–Crippen MR) is 47.5 cm³/mol. The van der Waals surface area contributed by atoms with E-state index in [1.807, 2.05) is 0 Å². The smallest absolute Gasteiger partial charge is 0.550 e. The van der Waals surface area contributed by atoms with Crippen LogP contribution in [0.1, 0.15) is 52.9 Å². The van der Waals surface area contributed by atoms with Crippen LogP contribution < -0.4 is 74.0 Å². The van der Waals surface area contributed by atoms with Crippen molar-refractivity contribution in [3.8, 4) is 0 Å².